The summed E-state index contributed by atoms with van der Waals surface area (Å²) in [7, 11) is 2.10. The van der Waals surface area contributed by atoms with Gasteiger partial charge in [-0.05, 0) is 30.9 Å². The molecule has 20 heavy (non-hydrogen) atoms. The summed E-state index contributed by atoms with van der Waals surface area (Å²) < 4.78 is 0. The zero-order chi connectivity index (χ0) is 14.1. The van der Waals surface area contributed by atoms with Gasteiger partial charge in [-0.2, -0.15) is 0 Å². The molecule has 4 heteroatoms. The number of fused-ring (bicyclic) bond motifs is 1. The third-order valence-corrected chi connectivity index (χ3v) is 4.54. The van der Waals surface area contributed by atoms with E-state index in [4.69, 9.17) is 0 Å². The number of aliphatic hydroxyl groups is 1. The van der Waals surface area contributed by atoms with Crippen molar-refractivity contribution >= 4 is 17.3 Å². The molecule has 4 nitrogen and oxygen atoms in total. The number of hydrogen-bond acceptors (Lipinski definition) is 3. The fourth-order valence-electron chi connectivity index (χ4n) is 3.33. The van der Waals surface area contributed by atoms with Crippen LogP contribution in [0.1, 0.15) is 43.8 Å². The summed E-state index contributed by atoms with van der Waals surface area (Å²) in [5, 5.41) is 12.4. The van der Waals surface area contributed by atoms with Gasteiger partial charge in [0.15, 0.2) is 6.10 Å². The Balaban J connectivity index is 1.71. The molecule has 1 atom stereocenters. The van der Waals surface area contributed by atoms with Crippen LogP contribution in [0.25, 0.3) is 0 Å². The van der Waals surface area contributed by atoms with Gasteiger partial charge in [0.05, 0.1) is 0 Å². The molecular weight excluding hydrogens is 252 g/mol. The average Bonchev–Trinajstić information content (AvgIpc) is 2.74. The molecule has 1 aromatic carbocycles. The molecule has 1 aliphatic carbocycles. The summed E-state index contributed by atoms with van der Waals surface area (Å²) in [5.41, 5.74) is 2.53. The van der Waals surface area contributed by atoms with Crippen LogP contribution in [0, 0.1) is 5.92 Å². The number of carbonyl (C=O) groups excluding carboxylic acids is 1. The minimum atomic E-state index is -1.01. The van der Waals surface area contributed by atoms with Crippen molar-refractivity contribution in [2.75, 3.05) is 23.8 Å². The highest BCUT2D eigenvalue weighted by atomic mass is 16.3. The van der Waals surface area contributed by atoms with Crippen molar-refractivity contribution in [3.05, 3.63) is 23.8 Å². The fourth-order valence-corrected chi connectivity index (χ4v) is 3.33. The number of nitrogens with zero attached hydrogens (tertiary/aromatic N) is 1. The number of anilines is 2. The highest BCUT2D eigenvalue weighted by Gasteiger charge is 2.28. The fraction of sp³-hybridized carbons (Fsp3) is 0.562. The maximum Gasteiger partial charge on any atom is 0.257 e. The maximum absolute atomic E-state index is 11.5. The highest BCUT2D eigenvalue weighted by Crippen LogP contribution is 2.34. The summed E-state index contributed by atoms with van der Waals surface area (Å²) in [6.07, 6.45) is 5.72. The molecule has 0 saturated heterocycles. The first kappa shape index (κ1) is 13.4. The number of amides is 1. The number of aliphatic hydroxyl groups excluding tert-OH is 1. The Morgan fingerprint density at radius 2 is 2.05 bits per heavy atom. The van der Waals surface area contributed by atoms with Gasteiger partial charge in [0, 0.05) is 30.5 Å². The number of hydrogen-bond donors (Lipinski definition) is 2. The predicted molar refractivity (Wildman–Crippen MR) is 79.9 cm³/mol. The Labute approximate surface area is 119 Å². The number of nitrogens with one attached hydrogen (secondary N) is 1. The van der Waals surface area contributed by atoms with Crippen molar-refractivity contribution in [2.45, 2.75) is 38.2 Å². The number of carbonyl (C=O) groups is 1. The van der Waals surface area contributed by atoms with Gasteiger partial charge in [0.1, 0.15) is 0 Å². The molecule has 1 aromatic rings. The van der Waals surface area contributed by atoms with E-state index in [1.807, 2.05) is 18.2 Å². The van der Waals surface area contributed by atoms with E-state index in [1.165, 1.54) is 32.1 Å². The van der Waals surface area contributed by atoms with Gasteiger partial charge in [-0.25, -0.2) is 0 Å². The summed E-state index contributed by atoms with van der Waals surface area (Å²) >= 11 is 0. The van der Waals surface area contributed by atoms with Crippen LogP contribution in [0.4, 0.5) is 11.4 Å². The van der Waals surface area contributed by atoms with Crippen LogP contribution in [-0.2, 0) is 4.79 Å². The molecule has 108 valence electrons. The molecule has 1 fully saturated rings. The van der Waals surface area contributed by atoms with Crippen LogP contribution in [0.3, 0.4) is 0 Å². The first-order chi connectivity index (χ1) is 9.65. The lowest BCUT2D eigenvalue weighted by Gasteiger charge is -2.28. The molecule has 1 amide bonds. The molecule has 1 heterocycles. The molecule has 0 bridgehead atoms. The monoisotopic (exact) mass is 274 g/mol. The normalized spacial score (nSPS) is 22.5. The van der Waals surface area contributed by atoms with Crippen LogP contribution >= 0.6 is 0 Å². The first-order valence-corrected chi connectivity index (χ1v) is 7.49. The van der Waals surface area contributed by atoms with E-state index >= 15 is 0 Å². The number of rotatable bonds is 3. The summed E-state index contributed by atoms with van der Waals surface area (Å²) in [4.78, 5) is 13.7. The third kappa shape index (κ3) is 2.52. The van der Waals surface area contributed by atoms with Crippen LogP contribution in [0.15, 0.2) is 18.2 Å². The minimum Gasteiger partial charge on any atom is -0.378 e. The molecule has 1 saturated carbocycles. The number of benzene rings is 1. The van der Waals surface area contributed by atoms with Gasteiger partial charge >= 0.3 is 0 Å². The molecule has 2 aliphatic rings. The summed E-state index contributed by atoms with van der Waals surface area (Å²) in [5.74, 6) is 0.453. The standard InChI is InChI=1S/C16H22N2O2/c1-18(10-11-5-3-2-4-6-11)12-7-8-13-14(9-12)17-16(20)15(13)19/h7-9,11,15,19H,2-6,10H2,1H3,(H,17,20). The lowest BCUT2D eigenvalue weighted by Crippen LogP contribution is -2.26. The minimum absolute atomic E-state index is 0.327. The Morgan fingerprint density at radius 3 is 2.80 bits per heavy atom. The average molecular weight is 274 g/mol. The molecule has 0 aromatic heterocycles. The van der Waals surface area contributed by atoms with Crippen molar-refractivity contribution in [1.29, 1.82) is 0 Å². The highest BCUT2D eigenvalue weighted by molar-refractivity contribution is 6.02. The molecule has 2 N–H and O–H groups in total. The largest absolute Gasteiger partial charge is 0.378 e. The second-order valence-corrected chi connectivity index (χ2v) is 6.05. The molecule has 3 rings (SSSR count). The SMILES string of the molecule is CN(CC1CCCCC1)c1ccc2c(c1)NC(=O)C2O. The van der Waals surface area contributed by atoms with Crippen molar-refractivity contribution in [2.24, 2.45) is 5.92 Å². The van der Waals surface area contributed by atoms with Crippen LogP contribution in [0.2, 0.25) is 0 Å². The Kier molecular flexibility index (Phi) is 3.66. The van der Waals surface area contributed by atoms with Crippen molar-refractivity contribution in [1.82, 2.24) is 0 Å². The predicted octanol–water partition coefficient (Wildman–Crippen LogP) is 2.69. The van der Waals surface area contributed by atoms with Crippen molar-refractivity contribution < 1.29 is 9.90 Å². The lowest BCUT2D eigenvalue weighted by atomic mass is 9.89. The molecule has 1 unspecified atom stereocenters. The smallest absolute Gasteiger partial charge is 0.257 e. The molecule has 0 spiro atoms. The first-order valence-electron chi connectivity index (χ1n) is 7.49. The molecular formula is C16H22N2O2. The van der Waals surface area contributed by atoms with Crippen molar-refractivity contribution in [3.8, 4) is 0 Å². The topological polar surface area (TPSA) is 52.6 Å². The van der Waals surface area contributed by atoms with E-state index in [0.717, 1.165) is 23.8 Å². The van der Waals surface area contributed by atoms with Gasteiger partial charge in [-0.1, -0.05) is 25.3 Å². The van der Waals surface area contributed by atoms with Gasteiger partial charge in [0.2, 0.25) is 0 Å². The van der Waals surface area contributed by atoms with Crippen LogP contribution < -0.4 is 10.2 Å². The Bertz CT molecular complexity index is 509. The maximum atomic E-state index is 11.5. The Hall–Kier alpha value is -1.55. The zero-order valence-corrected chi connectivity index (χ0v) is 11.9. The van der Waals surface area contributed by atoms with E-state index in [0.29, 0.717) is 5.56 Å². The van der Waals surface area contributed by atoms with E-state index < -0.39 is 6.10 Å². The summed E-state index contributed by atoms with van der Waals surface area (Å²) in [6.45, 7) is 1.06. The second kappa shape index (κ2) is 5.44. The van der Waals surface area contributed by atoms with E-state index in [9.17, 15) is 9.90 Å². The molecule has 0 radical (unpaired) electrons. The second-order valence-electron chi connectivity index (χ2n) is 6.05. The van der Waals surface area contributed by atoms with Gasteiger partial charge in [-0.15, -0.1) is 0 Å². The summed E-state index contributed by atoms with van der Waals surface area (Å²) in [6, 6.07) is 5.81. The third-order valence-electron chi connectivity index (χ3n) is 4.54. The lowest BCUT2D eigenvalue weighted by molar-refractivity contribution is -0.123. The zero-order valence-electron chi connectivity index (χ0n) is 11.9. The molecule has 1 aliphatic heterocycles. The van der Waals surface area contributed by atoms with Crippen LogP contribution in [-0.4, -0.2) is 24.6 Å². The van der Waals surface area contributed by atoms with Gasteiger partial charge in [-0.3, -0.25) is 4.79 Å². The van der Waals surface area contributed by atoms with Crippen molar-refractivity contribution in [3.63, 3.8) is 0 Å². The van der Waals surface area contributed by atoms with Crippen LogP contribution in [0.5, 0.6) is 0 Å². The van der Waals surface area contributed by atoms with Gasteiger partial charge in [0.25, 0.3) is 5.91 Å². The van der Waals surface area contributed by atoms with E-state index in [2.05, 4.69) is 17.3 Å². The van der Waals surface area contributed by atoms with E-state index in [-0.39, 0.29) is 5.91 Å². The Morgan fingerprint density at radius 1 is 1.30 bits per heavy atom. The van der Waals surface area contributed by atoms with E-state index in [1.54, 1.807) is 0 Å². The quantitative estimate of drug-likeness (QED) is 0.891. The van der Waals surface area contributed by atoms with Gasteiger partial charge < -0.3 is 15.3 Å².